The van der Waals surface area contributed by atoms with Crippen LogP contribution in [0.3, 0.4) is 0 Å². The largest absolute Gasteiger partial charge is 0.166 e. The van der Waals surface area contributed by atoms with Gasteiger partial charge in [0.1, 0.15) is 6.26 Å². The van der Waals surface area contributed by atoms with Gasteiger partial charge in [-0.05, 0) is 122 Å². The van der Waals surface area contributed by atoms with E-state index in [-0.39, 0.29) is 55.0 Å². The van der Waals surface area contributed by atoms with Crippen molar-refractivity contribution in [1.82, 2.24) is 0 Å². The van der Waals surface area contributed by atoms with Crippen molar-refractivity contribution in [3.8, 4) is 0 Å². The molecule has 0 spiro atoms. The molecule has 0 fully saturated rings. The van der Waals surface area contributed by atoms with Crippen LogP contribution in [-0.2, 0) is 32.7 Å². The van der Waals surface area contributed by atoms with Crippen molar-refractivity contribution in [3.05, 3.63) is 236 Å². The molecule has 0 amide bonds. The average Bonchev–Trinajstić information content (AvgIpc) is 3.45. The molecule has 0 N–H and O–H groups in total. The van der Waals surface area contributed by atoms with E-state index in [9.17, 15) is 0 Å². The minimum absolute atomic E-state index is 0. The number of rotatable bonds is 9. The minimum atomic E-state index is -0.0341. The van der Waals surface area contributed by atoms with E-state index in [1.54, 1.807) is 11.8 Å². The summed E-state index contributed by atoms with van der Waals surface area (Å²) in [5.74, 6) is 0. The maximum atomic E-state index is 2.27. The summed E-state index contributed by atoms with van der Waals surface area (Å²) in [6.45, 7) is 26.1. The molecule has 0 unspecified atom stereocenters. The molecule has 8 aromatic carbocycles. The summed E-state index contributed by atoms with van der Waals surface area (Å²) in [6.07, 6.45) is 4.38. The number of thioether (sulfide) groups is 1. The molecule has 0 aliphatic carbocycles. The van der Waals surface area contributed by atoms with E-state index < -0.39 is 0 Å². The van der Waals surface area contributed by atoms with Gasteiger partial charge >= 0.3 is 0 Å². The van der Waals surface area contributed by atoms with Crippen LogP contribution in [0.5, 0.6) is 0 Å². The van der Waals surface area contributed by atoms with Crippen LogP contribution in [0.15, 0.2) is 275 Å². The zero-order chi connectivity index (χ0) is 50.1. The highest BCUT2D eigenvalue weighted by molar-refractivity contribution is 7.98. The van der Waals surface area contributed by atoms with Crippen LogP contribution in [-0.4, -0.2) is 12.5 Å². The highest BCUT2D eigenvalue weighted by Gasteiger charge is 2.29. The summed E-state index contributed by atoms with van der Waals surface area (Å²) in [5.41, 5.74) is 1.30. The molecule has 0 atom stereocenters. The van der Waals surface area contributed by atoms with Gasteiger partial charge in [-0.15, -0.1) is 11.8 Å². The highest BCUT2D eigenvalue weighted by Crippen LogP contribution is 2.33. The van der Waals surface area contributed by atoms with E-state index in [1.165, 1.54) is 49.6 Å². The Bertz CT molecular complexity index is 2110. The lowest BCUT2D eigenvalue weighted by atomic mass is 10.2. The molecule has 0 aromatic heterocycles. The molecule has 8 aromatic rings. The summed E-state index contributed by atoms with van der Waals surface area (Å²) in [6, 6.07) is 82.1. The molecule has 380 valence electrons. The average molecular weight is 1020 g/mol. The van der Waals surface area contributed by atoms with Crippen LogP contribution in [0.25, 0.3) is 0 Å². The van der Waals surface area contributed by atoms with E-state index in [2.05, 4.69) is 250 Å². The predicted molar refractivity (Wildman–Crippen MR) is 330 cm³/mol. The monoisotopic (exact) mass is 1020 g/mol. The van der Waals surface area contributed by atoms with E-state index >= 15 is 0 Å². The van der Waals surface area contributed by atoms with E-state index in [4.69, 9.17) is 0 Å². The summed E-state index contributed by atoms with van der Waals surface area (Å²) in [5, 5.41) is 0. The molecular formula is C66H95S4+3. The maximum absolute atomic E-state index is 2.27. The molecule has 70 heavy (non-hydrogen) atoms. The Labute approximate surface area is 446 Å². The number of benzene rings is 8. The molecule has 8 rings (SSSR count). The number of hydrogen-bond donors (Lipinski definition) is 0. The fourth-order valence-electron chi connectivity index (χ4n) is 5.81. The molecule has 0 aliphatic heterocycles. The zero-order valence-electron chi connectivity index (χ0n) is 43.6. The van der Waals surface area contributed by atoms with Crippen molar-refractivity contribution < 1.29 is 0 Å². The molecule has 0 saturated carbocycles. The Hall–Kier alpha value is -4.84. The molecule has 0 nitrogen and oxygen atoms in total. The third-order valence-electron chi connectivity index (χ3n) is 8.66. The molecule has 0 radical (unpaired) electrons. The fourth-order valence-corrected chi connectivity index (χ4v) is 11.8. The zero-order valence-corrected chi connectivity index (χ0v) is 46.8. The Kier molecular flexibility index (Phi) is 49.0. The normalized spacial score (nSPS) is 8.89. The smallest absolute Gasteiger partial charge is 0.130 e. The van der Waals surface area contributed by atoms with Crippen molar-refractivity contribution in [2.45, 2.75) is 156 Å². The second-order valence-corrected chi connectivity index (χ2v) is 19.4. The topological polar surface area (TPSA) is 0 Å². The lowest BCUT2D eigenvalue weighted by Gasteiger charge is -2.08. The second kappa shape index (κ2) is 47.8. The third kappa shape index (κ3) is 25.9. The van der Waals surface area contributed by atoms with E-state index in [0.717, 1.165) is 0 Å². The molecule has 0 heterocycles. The van der Waals surface area contributed by atoms with Crippen LogP contribution in [0, 0.1) is 6.92 Å². The first-order valence-corrected chi connectivity index (χ1v) is 29.6. The number of hydrogen-bond acceptors (Lipinski definition) is 1. The Morgan fingerprint density at radius 3 is 0.657 bits per heavy atom. The van der Waals surface area contributed by atoms with Crippen LogP contribution in [0.2, 0.25) is 0 Å². The maximum Gasteiger partial charge on any atom is 0.166 e. The summed E-state index contributed by atoms with van der Waals surface area (Å²) in [7, 11) is 0.146. The fraction of sp³-hybridized carbons (Fsp3) is 0.273. The quantitative estimate of drug-likeness (QED) is 0.103. The summed E-state index contributed by atoms with van der Waals surface area (Å²) >= 11 is 1.78. The summed E-state index contributed by atoms with van der Waals surface area (Å²) in [4.78, 5) is 12.3. The van der Waals surface area contributed by atoms with Gasteiger partial charge in [-0.3, -0.25) is 0 Å². The van der Waals surface area contributed by atoms with E-state index in [1.807, 2.05) is 83.1 Å². The van der Waals surface area contributed by atoms with Gasteiger partial charge in [0.05, 0.1) is 32.7 Å². The molecular weight excluding hydrogens is 921 g/mol. The number of aryl methyl sites for hydroxylation is 1. The first kappa shape index (κ1) is 71.7. The Balaban J connectivity index is -0.000000418. The van der Waals surface area contributed by atoms with Gasteiger partial charge in [0.25, 0.3) is 0 Å². The van der Waals surface area contributed by atoms with Crippen molar-refractivity contribution >= 4 is 44.4 Å². The van der Waals surface area contributed by atoms with Gasteiger partial charge in [-0.25, -0.2) is 0 Å². The highest BCUT2D eigenvalue weighted by atomic mass is 32.2. The van der Waals surface area contributed by atoms with E-state index in [0.29, 0.717) is 0 Å². The third-order valence-corrected chi connectivity index (χ3v) is 15.8. The Morgan fingerprint density at radius 1 is 0.257 bits per heavy atom. The van der Waals surface area contributed by atoms with Gasteiger partial charge in [-0.2, -0.15) is 0 Å². The predicted octanol–water partition coefficient (Wildman–Crippen LogP) is 22.0. The second-order valence-electron chi connectivity index (χ2n) is 12.5. The van der Waals surface area contributed by atoms with Gasteiger partial charge in [0.15, 0.2) is 39.2 Å². The van der Waals surface area contributed by atoms with Crippen LogP contribution in [0.4, 0.5) is 0 Å². The van der Waals surface area contributed by atoms with Gasteiger partial charge < -0.3 is 0 Å². The lowest BCUT2D eigenvalue weighted by Crippen LogP contribution is -2.04. The van der Waals surface area contributed by atoms with Crippen molar-refractivity contribution in [2.75, 3.05) is 12.5 Å². The first-order valence-electron chi connectivity index (χ1n) is 24.3. The molecule has 0 aliphatic rings. The Morgan fingerprint density at radius 2 is 0.443 bits per heavy atom. The van der Waals surface area contributed by atoms with Crippen LogP contribution < -0.4 is 0 Å². The van der Waals surface area contributed by atoms with Crippen molar-refractivity contribution in [1.29, 1.82) is 0 Å². The lowest BCUT2D eigenvalue weighted by molar-refractivity contribution is 1.29. The first-order chi connectivity index (χ1) is 33.1. The molecule has 0 saturated heterocycles. The minimum Gasteiger partial charge on any atom is -0.130 e. The SMILES string of the molecule is C.C.C.CC.CC.CC.CC.CC.CC.CSc1ccc([S+](c2ccccc2)c2ccccc2)cc1.C[S+](c1ccccc1)c1ccccc1.Cc1ccc([S+](c2ccccc2)c2ccccc2)cc1. The molecule has 4 heteroatoms. The van der Waals surface area contributed by atoms with Crippen LogP contribution >= 0.6 is 11.8 Å². The molecule has 0 bridgehead atoms. The summed E-state index contributed by atoms with van der Waals surface area (Å²) < 4.78 is 0. The van der Waals surface area contributed by atoms with Crippen LogP contribution in [0.1, 0.15) is 111 Å². The van der Waals surface area contributed by atoms with Gasteiger partial charge in [-0.1, -0.05) is 232 Å². The van der Waals surface area contributed by atoms with Gasteiger partial charge in [0.2, 0.25) is 0 Å². The van der Waals surface area contributed by atoms with Crippen molar-refractivity contribution in [2.24, 2.45) is 0 Å². The van der Waals surface area contributed by atoms with Crippen molar-refractivity contribution in [3.63, 3.8) is 0 Å². The van der Waals surface area contributed by atoms with Gasteiger partial charge in [0, 0.05) is 4.90 Å². The standard InChI is InChI=1S/C19H17S2.C19H17S.C13H13S.6C2H6.3CH4/c1-20-16-12-14-19(15-13-16)21(17-8-4-2-5-9-17)18-10-6-3-7-11-18;1-16-12-14-19(15-13-16)20(17-8-4-2-5-9-17)18-10-6-3-7-11-18;1-14(12-8-4-2-5-9-12)13-10-6-3-7-11-13;6*1-2;;;/h2-15H,1H3;2-15H,1H3;2-11H,1H3;6*1-2H3;3*1H4/q3*+1;;;;;;;;;.